The predicted molar refractivity (Wildman–Crippen MR) is 106 cm³/mol. The summed E-state index contributed by atoms with van der Waals surface area (Å²) in [6.07, 6.45) is 2.37. The van der Waals surface area contributed by atoms with Crippen LogP contribution >= 0.6 is 15.9 Å². The van der Waals surface area contributed by atoms with Gasteiger partial charge in [0, 0.05) is 42.4 Å². The fourth-order valence-corrected chi connectivity index (χ4v) is 4.09. The smallest absolute Gasteiger partial charge is 0.240 e. The van der Waals surface area contributed by atoms with E-state index < -0.39 is 10.0 Å². The van der Waals surface area contributed by atoms with Crippen LogP contribution in [0.3, 0.4) is 0 Å². The summed E-state index contributed by atoms with van der Waals surface area (Å²) in [5.74, 6) is 1.45. The summed E-state index contributed by atoms with van der Waals surface area (Å²) in [4.78, 5) is 11.4. The quantitative estimate of drug-likeness (QED) is 0.644. The van der Waals surface area contributed by atoms with E-state index in [1.54, 1.807) is 24.3 Å². The number of sulfonamides is 1. The number of hydrogen-bond donors (Lipinski definition) is 2. The molecule has 0 spiro atoms. The fraction of sp³-hybridized carbons (Fsp3) is 0.412. The van der Waals surface area contributed by atoms with Gasteiger partial charge in [-0.15, -0.1) is 0 Å². The Balaban J connectivity index is 1.55. The van der Waals surface area contributed by atoms with E-state index >= 15 is 0 Å². The molecule has 1 aromatic heterocycles. The lowest BCUT2D eigenvalue weighted by atomic mass is 10.4. The van der Waals surface area contributed by atoms with Crippen molar-refractivity contribution in [2.75, 3.05) is 36.4 Å². The number of benzene rings is 1. The fourth-order valence-electron chi connectivity index (χ4n) is 2.80. The van der Waals surface area contributed by atoms with Crippen molar-refractivity contribution in [1.82, 2.24) is 14.7 Å². The summed E-state index contributed by atoms with van der Waals surface area (Å²) in [5.41, 5.74) is 0.889. The van der Waals surface area contributed by atoms with Crippen LogP contribution in [0.15, 0.2) is 39.7 Å². The molecule has 1 fully saturated rings. The number of nitrogens with zero attached hydrogens (tertiary/aromatic N) is 3. The monoisotopic (exact) mass is 439 g/mol. The Bertz CT molecular complexity index is 852. The maximum atomic E-state index is 12.2. The molecule has 3 rings (SSSR count). The van der Waals surface area contributed by atoms with E-state index in [1.165, 1.54) is 12.8 Å². The lowest BCUT2D eigenvalue weighted by Crippen LogP contribution is -2.29. The number of halogens is 1. The summed E-state index contributed by atoms with van der Waals surface area (Å²) in [5, 5.41) is 3.10. The van der Waals surface area contributed by atoms with E-state index in [1.807, 2.05) is 13.0 Å². The first-order chi connectivity index (χ1) is 12.4. The Kier molecular flexibility index (Phi) is 6.10. The van der Waals surface area contributed by atoms with Crippen molar-refractivity contribution < 1.29 is 8.42 Å². The molecule has 2 N–H and O–H groups in total. The van der Waals surface area contributed by atoms with E-state index in [0.29, 0.717) is 12.5 Å². The number of hydrogen-bond acceptors (Lipinski definition) is 6. The standard InChI is InChI=1S/C17H22BrN5O2S/c1-13-12-16(23-10-2-3-11-23)22-17(21-13)19-8-9-20-26(24,25)15-6-4-14(18)5-7-15/h4-7,12,20H,2-3,8-11H2,1H3,(H,19,21,22). The number of nitrogens with one attached hydrogen (secondary N) is 2. The SMILES string of the molecule is Cc1cc(N2CCCC2)nc(NCCNS(=O)(=O)c2ccc(Br)cc2)n1. The lowest BCUT2D eigenvalue weighted by molar-refractivity contribution is 0.583. The Labute approximate surface area is 162 Å². The van der Waals surface area contributed by atoms with Crippen molar-refractivity contribution in [3.05, 3.63) is 40.5 Å². The number of aryl methyl sites for hydroxylation is 1. The van der Waals surface area contributed by atoms with Gasteiger partial charge in [-0.3, -0.25) is 0 Å². The van der Waals surface area contributed by atoms with E-state index in [0.717, 1.165) is 29.1 Å². The molecule has 0 bridgehead atoms. The van der Waals surface area contributed by atoms with E-state index in [-0.39, 0.29) is 11.4 Å². The van der Waals surface area contributed by atoms with Crippen molar-refractivity contribution in [1.29, 1.82) is 0 Å². The van der Waals surface area contributed by atoms with Crippen LogP contribution in [0, 0.1) is 6.92 Å². The molecule has 0 aliphatic carbocycles. The average molecular weight is 440 g/mol. The molecule has 9 heteroatoms. The second kappa shape index (κ2) is 8.32. The first-order valence-electron chi connectivity index (χ1n) is 8.54. The highest BCUT2D eigenvalue weighted by molar-refractivity contribution is 9.10. The minimum Gasteiger partial charge on any atom is -0.356 e. The van der Waals surface area contributed by atoms with Crippen LogP contribution in [-0.2, 0) is 10.0 Å². The molecule has 7 nitrogen and oxygen atoms in total. The zero-order valence-corrected chi connectivity index (χ0v) is 17.0. The molecule has 2 heterocycles. The van der Waals surface area contributed by atoms with Gasteiger partial charge in [-0.1, -0.05) is 15.9 Å². The first kappa shape index (κ1) is 19.1. The highest BCUT2D eigenvalue weighted by Crippen LogP contribution is 2.19. The number of rotatable bonds is 7. The molecule has 2 aromatic rings. The Morgan fingerprint density at radius 2 is 1.81 bits per heavy atom. The van der Waals surface area contributed by atoms with Crippen LogP contribution in [0.1, 0.15) is 18.5 Å². The van der Waals surface area contributed by atoms with Crippen molar-refractivity contribution in [3.63, 3.8) is 0 Å². The third-order valence-corrected chi connectivity index (χ3v) is 6.10. The summed E-state index contributed by atoms with van der Waals surface area (Å²) in [6.45, 7) is 4.61. The van der Waals surface area contributed by atoms with E-state index in [4.69, 9.17) is 0 Å². The van der Waals surface area contributed by atoms with Gasteiger partial charge in [0.05, 0.1) is 4.90 Å². The van der Waals surface area contributed by atoms with Crippen LogP contribution in [0.2, 0.25) is 0 Å². The van der Waals surface area contributed by atoms with Crippen LogP contribution in [0.25, 0.3) is 0 Å². The third-order valence-electron chi connectivity index (χ3n) is 4.09. The van der Waals surface area contributed by atoms with E-state index in [2.05, 4.69) is 40.8 Å². The van der Waals surface area contributed by atoms with Gasteiger partial charge in [-0.05, 0) is 44.0 Å². The van der Waals surface area contributed by atoms with Crippen molar-refractivity contribution in [2.45, 2.75) is 24.7 Å². The Hall–Kier alpha value is -1.71. The molecule has 0 unspecified atom stereocenters. The Morgan fingerprint density at radius 3 is 2.50 bits per heavy atom. The highest BCUT2D eigenvalue weighted by Gasteiger charge is 2.15. The van der Waals surface area contributed by atoms with Crippen molar-refractivity contribution in [2.24, 2.45) is 0 Å². The molecule has 0 amide bonds. The lowest BCUT2D eigenvalue weighted by Gasteiger charge is -2.17. The van der Waals surface area contributed by atoms with E-state index in [9.17, 15) is 8.42 Å². The van der Waals surface area contributed by atoms with Crippen LogP contribution in [0.5, 0.6) is 0 Å². The molecule has 1 aromatic carbocycles. The molecule has 1 saturated heterocycles. The minimum atomic E-state index is -3.52. The van der Waals surface area contributed by atoms with Gasteiger partial charge < -0.3 is 10.2 Å². The minimum absolute atomic E-state index is 0.240. The van der Waals surface area contributed by atoms with Gasteiger partial charge in [-0.25, -0.2) is 18.1 Å². The molecule has 1 aliphatic rings. The molecule has 0 radical (unpaired) electrons. The normalized spacial score (nSPS) is 14.6. The van der Waals surface area contributed by atoms with Gasteiger partial charge >= 0.3 is 0 Å². The van der Waals surface area contributed by atoms with Crippen LogP contribution < -0.4 is 14.9 Å². The summed E-state index contributed by atoms with van der Waals surface area (Å²) in [6, 6.07) is 8.50. The summed E-state index contributed by atoms with van der Waals surface area (Å²) in [7, 11) is -3.52. The third kappa shape index (κ3) is 4.93. The molecule has 0 atom stereocenters. The molecule has 26 heavy (non-hydrogen) atoms. The van der Waals surface area contributed by atoms with Gasteiger partial charge in [-0.2, -0.15) is 4.98 Å². The first-order valence-corrected chi connectivity index (χ1v) is 10.8. The van der Waals surface area contributed by atoms with Crippen molar-refractivity contribution in [3.8, 4) is 0 Å². The zero-order chi connectivity index (χ0) is 18.6. The number of anilines is 2. The van der Waals surface area contributed by atoms with Crippen molar-refractivity contribution >= 4 is 37.7 Å². The molecule has 140 valence electrons. The highest BCUT2D eigenvalue weighted by atomic mass is 79.9. The largest absolute Gasteiger partial charge is 0.356 e. The van der Waals surface area contributed by atoms with Gasteiger partial charge in [0.15, 0.2) is 0 Å². The predicted octanol–water partition coefficient (Wildman–Crippen LogP) is 2.54. The second-order valence-electron chi connectivity index (χ2n) is 6.16. The summed E-state index contributed by atoms with van der Waals surface area (Å²) >= 11 is 3.30. The molecular weight excluding hydrogens is 418 g/mol. The maximum Gasteiger partial charge on any atom is 0.240 e. The van der Waals surface area contributed by atoms with Gasteiger partial charge in [0.25, 0.3) is 0 Å². The number of aromatic nitrogens is 2. The summed E-state index contributed by atoms with van der Waals surface area (Å²) < 4.78 is 27.9. The zero-order valence-electron chi connectivity index (χ0n) is 14.6. The van der Waals surface area contributed by atoms with Crippen LogP contribution in [-0.4, -0.2) is 44.6 Å². The van der Waals surface area contributed by atoms with Crippen LogP contribution in [0.4, 0.5) is 11.8 Å². The Morgan fingerprint density at radius 1 is 1.12 bits per heavy atom. The van der Waals surface area contributed by atoms with Gasteiger partial charge in [0.2, 0.25) is 16.0 Å². The topological polar surface area (TPSA) is 87.2 Å². The molecule has 1 aliphatic heterocycles. The second-order valence-corrected chi connectivity index (χ2v) is 8.85. The maximum absolute atomic E-state index is 12.2. The molecule has 0 saturated carbocycles. The van der Waals surface area contributed by atoms with Gasteiger partial charge in [0.1, 0.15) is 5.82 Å². The molecular formula is C17H22BrN5O2S. The average Bonchev–Trinajstić information content (AvgIpc) is 3.13.